The van der Waals surface area contributed by atoms with Crippen LogP contribution < -0.4 is 4.74 Å². The predicted molar refractivity (Wildman–Crippen MR) is 53.0 cm³/mol. The van der Waals surface area contributed by atoms with Gasteiger partial charge in [0.1, 0.15) is 11.4 Å². The zero-order valence-electron chi connectivity index (χ0n) is 8.41. The summed E-state index contributed by atoms with van der Waals surface area (Å²) in [6.45, 7) is 4.59. The van der Waals surface area contributed by atoms with Crippen LogP contribution in [0, 0.1) is 0 Å². The molecule has 0 bridgehead atoms. The van der Waals surface area contributed by atoms with Crippen molar-refractivity contribution in [3.05, 3.63) is 30.3 Å². The van der Waals surface area contributed by atoms with Crippen LogP contribution in [0.2, 0.25) is 0 Å². The fourth-order valence-electron chi connectivity index (χ4n) is 1.18. The van der Waals surface area contributed by atoms with Gasteiger partial charge in [-0.2, -0.15) is 0 Å². The van der Waals surface area contributed by atoms with Gasteiger partial charge in [0.05, 0.1) is 6.61 Å². The summed E-state index contributed by atoms with van der Waals surface area (Å²) < 4.78 is 10.8. The molecule has 13 heavy (non-hydrogen) atoms. The van der Waals surface area contributed by atoms with E-state index in [1.807, 2.05) is 44.2 Å². The fourth-order valence-corrected chi connectivity index (χ4v) is 1.18. The summed E-state index contributed by atoms with van der Waals surface area (Å²) in [6.07, 6.45) is 0. The van der Waals surface area contributed by atoms with Crippen molar-refractivity contribution in [2.24, 2.45) is 0 Å². The number of hydrogen-bond donors (Lipinski definition) is 0. The molecule has 1 aromatic rings. The summed E-state index contributed by atoms with van der Waals surface area (Å²) in [6, 6.07) is 9.77. The Morgan fingerprint density at radius 2 is 1.77 bits per heavy atom. The quantitative estimate of drug-likeness (QED) is 0.708. The van der Waals surface area contributed by atoms with Crippen LogP contribution >= 0.6 is 0 Å². The Bertz CT molecular complexity index is 242. The Morgan fingerprint density at radius 3 is 2.31 bits per heavy atom. The summed E-state index contributed by atoms with van der Waals surface area (Å²) in [4.78, 5) is 0. The van der Waals surface area contributed by atoms with E-state index in [1.54, 1.807) is 7.11 Å². The number of hydrogen-bond acceptors (Lipinski definition) is 2. The van der Waals surface area contributed by atoms with E-state index in [2.05, 4.69) is 0 Å². The molecular formula is C11H16O2. The largest absolute Gasteiger partial charge is 0.485 e. The normalized spacial score (nSPS) is 11.3. The highest BCUT2D eigenvalue weighted by atomic mass is 16.5. The Hall–Kier alpha value is -1.02. The van der Waals surface area contributed by atoms with Gasteiger partial charge < -0.3 is 9.47 Å². The lowest BCUT2D eigenvalue weighted by molar-refractivity contribution is 0.0181. The van der Waals surface area contributed by atoms with Crippen LogP contribution in [0.3, 0.4) is 0 Å². The molecule has 2 heteroatoms. The van der Waals surface area contributed by atoms with Gasteiger partial charge in [-0.05, 0) is 26.0 Å². The average Bonchev–Trinajstić information content (AvgIpc) is 2.04. The number of methoxy groups -OCH3 is 1. The standard InChI is InChI=1S/C11H16O2/c1-11(2,9-12-3)13-10-7-5-4-6-8-10/h4-8H,9H2,1-3H3. The first kappa shape index (κ1) is 10.1. The van der Waals surface area contributed by atoms with Crippen LogP contribution in [0.1, 0.15) is 13.8 Å². The maximum Gasteiger partial charge on any atom is 0.127 e. The lowest BCUT2D eigenvalue weighted by Crippen LogP contribution is -2.33. The molecule has 1 rings (SSSR count). The van der Waals surface area contributed by atoms with Gasteiger partial charge in [-0.25, -0.2) is 0 Å². The van der Waals surface area contributed by atoms with Crippen molar-refractivity contribution in [2.75, 3.05) is 13.7 Å². The monoisotopic (exact) mass is 180 g/mol. The first-order valence-electron chi connectivity index (χ1n) is 4.37. The van der Waals surface area contributed by atoms with E-state index < -0.39 is 0 Å². The molecule has 1 aromatic carbocycles. The van der Waals surface area contributed by atoms with Gasteiger partial charge in [0, 0.05) is 7.11 Å². The minimum Gasteiger partial charge on any atom is -0.485 e. The highest BCUT2D eigenvalue weighted by molar-refractivity contribution is 5.21. The third-order valence-corrected chi connectivity index (χ3v) is 1.63. The second-order valence-electron chi connectivity index (χ2n) is 3.61. The van der Waals surface area contributed by atoms with Crippen molar-refractivity contribution in [1.82, 2.24) is 0 Å². The van der Waals surface area contributed by atoms with Crippen molar-refractivity contribution < 1.29 is 9.47 Å². The van der Waals surface area contributed by atoms with Crippen molar-refractivity contribution in [1.29, 1.82) is 0 Å². The van der Waals surface area contributed by atoms with E-state index in [1.165, 1.54) is 0 Å². The van der Waals surface area contributed by atoms with Crippen LogP contribution in [0.25, 0.3) is 0 Å². The molecule has 0 spiro atoms. The first-order valence-corrected chi connectivity index (χ1v) is 4.37. The maximum absolute atomic E-state index is 5.72. The second-order valence-corrected chi connectivity index (χ2v) is 3.61. The van der Waals surface area contributed by atoms with E-state index in [0.29, 0.717) is 6.61 Å². The lowest BCUT2D eigenvalue weighted by atomic mass is 10.1. The highest BCUT2D eigenvalue weighted by Crippen LogP contribution is 2.17. The third-order valence-electron chi connectivity index (χ3n) is 1.63. The van der Waals surface area contributed by atoms with E-state index in [0.717, 1.165) is 5.75 Å². The molecule has 0 fully saturated rings. The molecule has 0 heterocycles. The highest BCUT2D eigenvalue weighted by Gasteiger charge is 2.18. The molecular weight excluding hydrogens is 164 g/mol. The molecule has 0 aromatic heterocycles. The SMILES string of the molecule is COCC(C)(C)Oc1ccccc1. The summed E-state index contributed by atoms with van der Waals surface area (Å²) in [5.74, 6) is 0.879. The summed E-state index contributed by atoms with van der Waals surface area (Å²) in [5.41, 5.74) is -0.268. The molecule has 0 unspecified atom stereocenters. The van der Waals surface area contributed by atoms with Gasteiger partial charge in [0.15, 0.2) is 0 Å². The van der Waals surface area contributed by atoms with Crippen LogP contribution in [-0.2, 0) is 4.74 Å². The number of para-hydroxylation sites is 1. The van der Waals surface area contributed by atoms with Gasteiger partial charge in [-0.15, -0.1) is 0 Å². The smallest absolute Gasteiger partial charge is 0.127 e. The topological polar surface area (TPSA) is 18.5 Å². The van der Waals surface area contributed by atoms with E-state index in [4.69, 9.17) is 9.47 Å². The van der Waals surface area contributed by atoms with Crippen LogP contribution in [0.5, 0.6) is 5.75 Å². The van der Waals surface area contributed by atoms with Gasteiger partial charge in [-0.1, -0.05) is 18.2 Å². The number of ether oxygens (including phenoxy) is 2. The maximum atomic E-state index is 5.72. The van der Waals surface area contributed by atoms with E-state index in [9.17, 15) is 0 Å². The summed E-state index contributed by atoms with van der Waals surface area (Å²) in [5, 5.41) is 0. The number of benzene rings is 1. The molecule has 0 aliphatic heterocycles. The van der Waals surface area contributed by atoms with E-state index >= 15 is 0 Å². The molecule has 0 radical (unpaired) electrons. The van der Waals surface area contributed by atoms with Gasteiger partial charge in [0.2, 0.25) is 0 Å². The number of rotatable bonds is 4. The minimum atomic E-state index is -0.268. The minimum absolute atomic E-state index is 0.268. The van der Waals surface area contributed by atoms with Gasteiger partial charge in [0.25, 0.3) is 0 Å². The predicted octanol–water partition coefficient (Wildman–Crippen LogP) is 2.49. The summed E-state index contributed by atoms with van der Waals surface area (Å²) >= 11 is 0. The third kappa shape index (κ3) is 3.47. The van der Waals surface area contributed by atoms with Gasteiger partial charge in [-0.3, -0.25) is 0 Å². The molecule has 0 aliphatic rings. The summed E-state index contributed by atoms with van der Waals surface area (Å²) in [7, 11) is 1.68. The molecule has 0 amide bonds. The molecule has 0 saturated carbocycles. The molecule has 0 saturated heterocycles. The molecule has 0 aliphatic carbocycles. The van der Waals surface area contributed by atoms with E-state index in [-0.39, 0.29) is 5.60 Å². The molecule has 2 nitrogen and oxygen atoms in total. The molecule has 72 valence electrons. The van der Waals surface area contributed by atoms with Crippen LogP contribution in [0.4, 0.5) is 0 Å². The van der Waals surface area contributed by atoms with Crippen LogP contribution in [-0.4, -0.2) is 19.3 Å². The van der Waals surface area contributed by atoms with Gasteiger partial charge >= 0.3 is 0 Å². The molecule has 0 atom stereocenters. The Kier molecular flexibility index (Phi) is 3.32. The van der Waals surface area contributed by atoms with Crippen molar-refractivity contribution >= 4 is 0 Å². The zero-order valence-corrected chi connectivity index (χ0v) is 8.41. The Morgan fingerprint density at radius 1 is 1.15 bits per heavy atom. The zero-order chi connectivity index (χ0) is 9.73. The Labute approximate surface area is 79.5 Å². The van der Waals surface area contributed by atoms with Crippen LogP contribution in [0.15, 0.2) is 30.3 Å². The lowest BCUT2D eigenvalue weighted by Gasteiger charge is -2.25. The Balaban J connectivity index is 2.58. The van der Waals surface area contributed by atoms with Crippen molar-refractivity contribution in [2.45, 2.75) is 19.4 Å². The average molecular weight is 180 g/mol. The fraction of sp³-hybridized carbons (Fsp3) is 0.455. The molecule has 0 N–H and O–H groups in total. The first-order chi connectivity index (χ1) is 6.14. The van der Waals surface area contributed by atoms with Crippen molar-refractivity contribution in [3.8, 4) is 5.75 Å². The second kappa shape index (κ2) is 4.28. The van der Waals surface area contributed by atoms with Crippen molar-refractivity contribution in [3.63, 3.8) is 0 Å².